The van der Waals surface area contributed by atoms with E-state index in [0.717, 1.165) is 19.6 Å². The highest BCUT2D eigenvalue weighted by atomic mass is 16.4. The fourth-order valence-corrected chi connectivity index (χ4v) is 2.81. The van der Waals surface area contributed by atoms with Crippen molar-refractivity contribution in [2.75, 3.05) is 19.6 Å². The van der Waals surface area contributed by atoms with E-state index in [0.29, 0.717) is 18.8 Å². The lowest BCUT2D eigenvalue weighted by molar-refractivity contribution is -0.137. The van der Waals surface area contributed by atoms with Gasteiger partial charge < -0.3 is 15.3 Å². The van der Waals surface area contributed by atoms with Gasteiger partial charge in [0.2, 0.25) is 5.91 Å². The van der Waals surface area contributed by atoms with Crippen molar-refractivity contribution in [3.63, 3.8) is 0 Å². The maximum absolute atomic E-state index is 11.6. The number of rotatable bonds is 5. The summed E-state index contributed by atoms with van der Waals surface area (Å²) in [5.74, 6) is -0.200. The van der Waals surface area contributed by atoms with Crippen molar-refractivity contribution in [1.82, 2.24) is 10.2 Å². The van der Waals surface area contributed by atoms with Crippen LogP contribution in [0.1, 0.15) is 32.1 Å². The van der Waals surface area contributed by atoms with Gasteiger partial charge in [-0.1, -0.05) is 0 Å². The number of nitrogens with zero attached hydrogens (tertiary/aromatic N) is 1. The van der Waals surface area contributed by atoms with Crippen molar-refractivity contribution in [2.45, 2.75) is 38.1 Å². The van der Waals surface area contributed by atoms with Crippen molar-refractivity contribution in [1.29, 1.82) is 0 Å². The second kappa shape index (κ2) is 5.49. The Morgan fingerprint density at radius 1 is 1.24 bits per heavy atom. The minimum absolute atomic E-state index is 0.00463. The SMILES string of the molecule is O=C(O)CCCC(=O)NC1CN2CCC1CC2. The Kier molecular flexibility index (Phi) is 3.99. The first-order valence-corrected chi connectivity index (χ1v) is 6.38. The van der Waals surface area contributed by atoms with E-state index in [-0.39, 0.29) is 18.4 Å². The summed E-state index contributed by atoms with van der Waals surface area (Å²) in [5, 5.41) is 11.5. The molecule has 2 N–H and O–H groups in total. The molecule has 96 valence electrons. The summed E-state index contributed by atoms with van der Waals surface area (Å²) in [6.45, 7) is 3.29. The number of carboxylic acid groups (broad SMARTS) is 1. The van der Waals surface area contributed by atoms with Gasteiger partial charge in [-0.15, -0.1) is 0 Å². The van der Waals surface area contributed by atoms with Crippen molar-refractivity contribution in [3.8, 4) is 0 Å². The zero-order valence-corrected chi connectivity index (χ0v) is 10.0. The van der Waals surface area contributed by atoms with Gasteiger partial charge in [-0.05, 0) is 38.3 Å². The fraction of sp³-hybridized carbons (Fsp3) is 0.833. The first-order valence-electron chi connectivity index (χ1n) is 6.38. The number of aliphatic carboxylic acids is 1. The Hall–Kier alpha value is -1.10. The van der Waals surface area contributed by atoms with E-state index < -0.39 is 5.97 Å². The zero-order valence-electron chi connectivity index (χ0n) is 10.0. The van der Waals surface area contributed by atoms with Gasteiger partial charge in [0.25, 0.3) is 0 Å². The molecule has 1 atom stereocenters. The average molecular weight is 240 g/mol. The first-order chi connectivity index (χ1) is 8.15. The standard InChI is InChI=1S/C12H20N2O3/c15-11(2-1-3-12(16)17)13-10-8-14-6-4-9(10)5-7-14/h9-10H,1-8H2,(H,13,15)(H,16,17). The predicted octanol–water partition coefficient (Wildman–Crippen LogP) is 0.452. The van der Waals surface area contributed by atoms with Crippen LogP contribution in [0.2, 0.25) is 0 Å². The van der Waals surface area contributed by atoms with Gasteiger partial charge in [0, 0.05) is 25.4 Å². The van der Waals surface area contributed by atoms with E-state index in [1.54, 1.807) is 0 Å². The lowest BCUT2D eigenvalue weighted by Gasteiger charge is -2.44. The van der Waals surface area contributed by atoms with Crippen molar-refractivity contribution in [2.24, 2.45) is 5.92 Å². The molecule has 0 saturated carbocycles. The number of hydrogen-bond donors (Lipinski definition) is 2. The van der Waals surface area contributed by atoms with Crippen LogP contribution in [0.5, 0.6) is 0 Å². The first kappa shape index (κ1) is 12.4. The van der Waals surface area contributed by atoms with E-state index in [4.69, 9.17) is 5.11 Å². The van der Waals surface area contributed by atoms with Crippen LogP contribution in [0.4, 0.5) is 0 Å². The quantitative estimate of drug-likeness (QED) is 0.732. The van der Waals surface area contributed by atoms with Crippen LogP contribution in [-0.2, 0) is 9.59 Å². The van der Waals surface area contributed by atoms with Gasteiger partial charge in [0.1, 0.15) is 0 Å². The highest BCUT2D eigenvalue weighted by Gasteiger charge is 2.34. The number of fused-ring (bicyclic) bond motifs is 3. The van der Waals surface area contributed by atoms with E-state index in [9.17, 15) is 9.59 Å². The van der Waals surface area contributed by atoms with Gasteiger partial charge >= 0.3 is 5.97 Å². The minimum Gasteiger partial charge on any atom is -0.481 e. The number of carbonyl (C=O) groups is 2. The lowest BCUT2D eigenvalue weighted by atomic mass is 9.84. The lowest BCUT2D eigenvalue weighted by Crippen LogP contribution is -2.57. The maximum atomic E-state index is 11.6. The summed E-state index contributed by atoms with van der Waals surface area (Å²) in [6, 6.07) is 0.287. The highest BCUT2D eigenvalue weighted by Crippen LogP contribution is 2.27. The summed E-state index contributed by atoms with van der Waals surface area (Å²) in [4.78, 5) is 24.4. The summed E-state index contributed by atoms with van der Waals surface area (Å²) in [5.41, 5.74) is 0. The number of piperidine rings is 3. The molecule has 3 heterocycles. The van der Waals surface area contributed by atoms with E-state index in [2.05, 4.69) is 10.2 Å². The molecule has 0 aromatic rings. The predicted molar refractivity (Wildman–Crippen MR) is 62.6 cm³/mol. The number of nitrogens with one attached hydrogen (secondary N) is 1. The minimum atomic E-state index is -0.833. The molecule has 3 saturated heterocycles. The molecular weight excluding hydrogens is 220 g/mol. The Morgan fingerprint density at radius 2 is 1.94 bits per heavy atom. The molecule has 5 heteroatoms. The van der Waals surface area contributed by atoms with Crippen LogP contribution in [0.15, 0.2) is 0 Å². The molecule has 2 bridgehead atoms. The zero-order chi connectivity index (χ0) is 12.3. The molecule has 3 fully saturated rings. The Bertz CT molecular complexity index is 298. The van der Waals surface area contributed by atoms with Crippen LogP contribution < -0.4 is 5.32 Å². The van der Waals surface area contributed by atoms with E-state index in [1.807, 2.05) is 0 Å². The average Bonchev–Trinajstić information content (AvgIpc) is 2.30. The third kappa shape index (κ3) is 3.43. The second-order valence-corrected chi connectivity index (χ2v) is 5.06. The van der Waals surface area contributed by atoms with Crippen LogP contribution in [0.3, 0.4) is 0 Å². The van der Waals surface area contributed by atoms with Gasteiger partial charge in [-0.25, -0.2) is 0 Å². The molecule has 0 aromatic heterocycles. The molecule has 0 radical (unpaired) electrons. The number of carbonyl (C=O) groups excluding carboxylic acids is 1. The normalized spacial score (nSPS) is 31.2. The molecule has 0 spiro atoms. The Morgan fingerprint density at radius 3 is 2.47 bits per heavy atom. The second-order valence-electron chi connectivity index (χ2n) is 5.06. The maximum Gasteiger partial charge on any atom is 0.303 e. The van der Waals surface area contributed by atoms with Gasteiger partial charge in [0.15, 0.2) is 0 Å². The molecule has 3 aliphatic rings. The molecule has 3 rings (SSSR count). The van der Waals surface area contributed by atoms with E-state index >= 15 is 0 Å². The summed E-state index contributed by atoms with van der Waals surface area (Å²) >= 11 is 0. The Balaban J connectivity index is 1.70. The largest absolute Gasteiger partial charge is 0.481 e. The van der Waals surface area contributed by atoms with Crippen LogP contribution in [0.25, 0.3) is 0 Å². The number of carboxylic acids is 1. The summed E-state index contributed by atoms with van der Waals surface area (Å²) < 4.78 is 0. The van der Waals surface area contributed by atoms with E-state index in [1.165, 1.54) is 12.8 Å². The van der Waals surface area contributed by atoms with Gasteiger partial charge in [-0.3, -0.25) is 9.59 Å². The molecule has 17 heavy (non-hydrogen) atoms. The summed E-state index contributed by atoms with van der Waals surface area (Å²) in [6.07, 6.45) is 3.20. The highest BCUT2D eigenvalue weighted by molar-refractivity contribution is 5.77. The summed E-state index contributed by atoms with van der Waals surface area (Å²) in [7, 11) is 0. The number of hydrogen-bond acceptors (Lipinski definition) is 3. The third-order valence-corrected chi connectivity index (χ3v) is 3.80. The molecule has 3 aliphatic heterocycles. The number of amides is 1. The van der Waals surface area contributed by atoms with Crippen LogP contribution in [0, 0.1) is 5.92 Å². The molecule has 1 unspecified atom stereocenters. The van der Waals surface area contributed by atoms with Crippen LogP contribution in [-0.4, -0.2) is 47.6 Å². The van der Waals surface area contributed by atoms with Gasteiger partial charge in [-0.2, -0.15) is 0 Å². The fourth-order valence-electron chi connectivity index (χ4n) is 2.81. The topological polar surface area (TPSA) is 69.6 Å². The monoisotopic (exact) mass is 240 g/mol. The molecule has 0 aromatic carbocycles. The van der Waals surface area contributed by atoms with Crippen LogP contribution >= 0.6 is 0 Å². The molecule has 1 amide bonds. The Labute approximate surface area is 101 Å². The van der Waals surface area contributed by atoms with Gasteiger partial charge in [0.05, 0.1) is 0 Å². The smallest absolute Gasteiger partial charge is 0.303 e. The third-order valence-electron chi connectivity index (χ3n) is 3.80. The molecule has 5 nitrogen and oxygen atoms in total. The van der Waals surface area contributed by atoms with Crippen molar-refractivity contribution < 1.29 is 14.7 Å². The molecule has 0 aliphatic carbocycles. The van der Waals surface area contributed by atoms with Crippen molar-refractivity contribution >= 4 is 11.9 Å². The van der Waals surface area contributed by atoms with Crippen molar-refractivity contribution in [3.05, 3.63) is 0 Å². The molecular formula is C12H20N2O3.